The molecule has 2 aromatic rings. The van der Waals surface area contributed by atoms with Gasteiger partial charge in [-0.05, 0) is 42.3 Å². The van der Waals surface area contributed by atoms with Crippen LogP contribution in [0, 0.1) is 0 Å². The van der Waals surface area contributed by atoms with E-state index >= 15 is 0 Å². The van der Waals surface area contributed by atoms with Crippen molar-refractivity contribution in [2.24, 2.45) is 0 Å². The zero-order valence-electron chi connectivity index (χ0n) is 14.9. The number of rotatable bonds is 8. The summed E-state index contributed by atoms with van der Waals surface area (Å²) in [7, 11) is 0. The molecule has 0 radical (unpaired) electrons. The zero-order valence-corrected chi connectivity index (χ0v) is 14.9. The van der Waals surface area contributed by atoms with Crippen molar-refractivity contribution < 1.29 is 19.4 Å². The zero-order chi connectivity index (χ0) is 18.5. The Kier molecular flexibility index (Phi) is 5.73. The minimum Gasteiger partial charge on any atom is -0.484 e. The summed E-state index contributed by atoms with van der Waals surface area (Å²) in [6.45, 7) is 2.67. The molecule has 1 aliphatic rings. The number of fused-ring (bicyclic) bond motifs is 1. The Labute approximate surface area is 152 Å². The third-order valence-corrected chi connectivity index (χ3v) is 4.83. The Bertz CT molecular complexity index is 786. The second kappa shape index (κ2) is 8.19. The number of carbonyl (C=O) groups excluding carboxylic acids is 1. The predicted octanol–water partition coefficient (Wildman–Crippen LogP) is 2.27. The fourth-order valence-electron chi connectivity index (χ4n) is 3.35. The molecule has 138 valence electrons. The van der Waals surface area contributed by atoms with E-state index < -0.39 is 5.97 Å². The number of carbonyl (C=O) groups is 2. The van der Waals surface area contributed by atoms with Crippen LogP contribution in [-0.2, 0) is 9.59 Å². The topological polar surface area (TPSA) is 78.9 Å². The van der Waals surface area contributed by atoms with E-state index in [-0.39, 0.29) is 31.1 Å². The van der Waals surface area contributed by atoms with E-state index in [0.717, 1.165) is 23.6 Å². The van der Waals surface area contributed by atoms with Crippen molar-refractivity contribution in [1.82, 2.24) is 10.2 Å². The first-order valence-electron chi connectivity index (χ1n) is 8.92. The number of ether oxygens (including phenoxy) is 1. The summed E-state index contributed by atoms with van der Waals surface area (Å²) >= 11 is 0. The van der Waals surface area contributed by atoms with Gasteiger partial charge < -0.3 is 15.2 Å². The maximum Gasteiger partial charge on any atom is 0.317 e. The van der Waals surface area contributed by atoms with Gasteiger partial charge in [-0.3, -0.25) is 14.5 Å². The van der Waals surface area contributed by atoms with E-state index in [9.17, 15) is 9.59 Å². The Morgan fingerprint density at radius 1 is 1.19 bits per heavy atom. The lowest BCUT2D eigenvalue weighted by Crippen LogP contribution is -2.55. The van der Waals surface area contributed by atoms with Gasteiger partial charge >= 0.3 is 5.97 Å². The van der Waals surface area contributed by atoms with Crippen LogP contribution in [0.15, 0.2) is 42.5 Å². The van der Waals surface area contributed by atoms with Crippen LogP contribution in [0.25, 0.3) is 10.8 Å². The summed E-state index contributed by atoms with van der Waals surface area (Å²) in [4.78, 5) is 24.8. The van der Waals surface area contributed by atoms with Crippen LogP contribution < -0.4 is 10.1 Å². The van der Waals surface area contributed by atoms with Gasteiger partial charge in [0, 0.05) is 12.1 Å². The molecule has 6 heteroatoms. The molecule has 3 rings (SSSR count). The first kappa shape index (κ1) is 18.2. The summed E-state index contributed by atoms with van der Waals surface area (Å²) in [5.41, 5.74) is 0. The smallest absolute Gasteiger partial charge is 0.317 e. The van der Waals surface area contributed by atoms with Crippen LogP contribution in [-0.4, -0.2) is 53.7 Å². The SMILES string of the molecule is CCN(CC(=O)O)C1CC(NC(=O)COc2ccc3ccccc3c2)C1. The summed E-state index contributed by atoms with van der Waals surface area (Å²) in [5.74, 6) is -0.296. The quantitative estimate of drug-likeness (QED) is 0.759. The fraction of sp³-hybridized carbons (Fsp3) is 0.400. The van der Waals surface area contributed by atoms with Crippen molar-refractivity contribution >= 4 is 22.6 Å². The molecule has 0 unspecified atom stereocenters. The van der Waals surface area contributed by atoms with Crippen molar-refractivity contribution in [3.63, 3.8) is 0 Å². The molecule has 2 aromatic carbocycles. The van der Waals surface area contributed by atoms with E-state index in [0.29, 0.717) is 12.3 Å². The summed E-state index contributed by atoms with van der Waals surface area (Å²) in [6.07, 6.45) is 1.56. The number of carboxylic acids is 1. The first-order chi connectivity index (χ1) is 12.5. The molecular weight excluding hydrogens is 332 g/mol. The van der Waals surface area contributed by atoms with Crippen LogP contribution in [0.3, 0.4) is 0 Å². The third kappa shape index (κ3) is 4.52. The van der Waals surface area contributed by atoms with E-state index in [1.165, 1.54) is 0 Å². The van der Waals surface area contributed by atoms with Crippen LogP contribution in [0.5, 0.6) is 5.75 Å². The number of benzene rings is 2. The predicted molar refractivity (Wildman–Crippen MR) is 99.3 cm³/mol. The fourth-order valence-corrected chi connectivity index (χ4v) is 3.35. The molecule has 1 saturated carbocycles. The molecule has 0 heterocycles. The van der Waals surface area contributed by atoms with Crippen molar-refractivity contribution in [2.45, 2.75) is 31.8 Å². The standard InChI is InChI=1S/C20H24N2O4/c1-2-22(12-20(24)25)17-10-16(11-17)21-19(23)13-26-18-8-7-14-5-3-4-6-15(14)9-18/h3-9,16-17H,2,10-13H2,1H3,(H,21,23)(H,24,25). The third-order valence-electron chi connectivity index (χ3n) is 4.83. The number of nitrogens with one attached hydrogen (secondary N) is 1. The molecule has 1 fully saturated rings. The molecule has 0 atom stereocenters. The van der Waals surface area contributed by atoms with Gasteiger partial charge in [0.1, 0.15) is 5.75 Å². The van der Waals surface area contributed by atoms with Gasteiger partial charge in [-0.2, -0.15) is 0 Å². The number of carboxylic acid groups (broad SMARTS) is 1. The maximum absolute atomic E-state index is 12.1. The van der Waals surface area contributed by atoms with Crippen molar-refractivity contribution in [2.75, 3.05) is 19.7 Å². The van der Waals surface area contributed by atoms with Crippen molar-refractivity contribution in [3.8, 4) is 5.75 Å². The van der Waals surface area contributed by atoms with Crippen LogP contribution >= 0.6 is 0 Å². The summed E-state index contributed by atoms with van der Waals surface area (Å²) in [6, 6.07) is 14.1. The van der Waals surface area contributed by atoms with E-state index in [1.807, 2.05) is 54.3 Å². The van der Waals surface area contributed by atoms with E-state index in [2.05, 4.69) is 5.32 Å². The van der Waals surface area contributed by atoms with Gasteiger partial charge in [0.2, 0.25) is 0 Å². The number of hydrogen-bond acceptors (Lipinski definition) is 4. The number of hydrogen-bond donors (Lipinski definition) is 2. The molecule has 6 nitrogen and oxygen atoms in total. The number of amides is 1. The Morgan fingerprint density at radius 3 is 2.62 bits per heavy atom. The molecule has 2 N–H and O–H groups in total. The Balaban J connectivity index is 1.43. The molecule has 0 saturated heterocycles. The highest BCUT2D eigenvalue weighted by Gasteiger charge is 2.34. The molecule has 0 spiro atoms. The lowest BCUT2D eigenvalue weighted by molar-refractivity contribution is -0.139. The molecule has 0 aliphatic heterocycles. The highest BCUT2D eigenvalue weighted by molar-refractivity contribution is 5.84. The minimum atomic E-state index is -0.817. The maximum atomic E-state index is 12.1. The molecular formula is C20H24N2O4. The molecule has 1 aliphatic carbocycles. The lowest BCUT2D eigenvalue weighted by atomic mass is 9.85. The van der Waals surface area contributed by atoms with Gasteiger partial charge in [0.25, 0.3) is 5.91 Å². The molecule has 1 amide bonds. The summed E-state index contributed by atoms with van der Waals surface area (Å²) < 4.78 is 5.59. The molecule has 26 heavy (non-hydrogen) atoms. The highest BCUT2D eigenvalue weighted by Crippen LogP contribution is 2.25. The minimum absolute atomic E-state index is 0.0217. The van der Waals surface area contributed by atoms with Crippen molar-refractivity contribution in [3.05, 3.63) is 42.5 Å². The van der Waals surface area contributed by atoms with Crippen LogP contribution in [0.2, 0.25) is 0 Å². The van der Waals surface area contributed by atoms with Gasteiger partial charge in [-0.15, -0.1) is 0 Å². The average Bonchev–Trinajstić information content (AvgIpc) is 2.60. The van der Waals surface area contributed by atoms with Crippen LogP contribution in [0.1, 0.15) is 19.8 Å². The molecule has 0 bridgehead atoms. The Morgan fingerprint density at radius 2 is 1.92 bits per heavy atom. The van der Waals surface area contributed by atoms with Gasteiger partial charge in [-0.1, -0.05) is 37.3 Å². The number of aliphatic carboxylic acids is 1. The second-order valence-corrected chi connectivity index (χ2v) is 6.64. The highest BCUT2D eigenvalue weighted by atomic mass is 16.5. The van der Waals surface area contributed by atoms with Gasteiger partial charge in [0.05, 0.1) is 6.54 Å². The largest absolute Gasteiger partial charge is 0.484 e. The first-order valence-corrected chi connectivity index (χ1v) is 8.92. The average molecular weight is 356 g/mol. The van der Waals surface area contributed by atoms with Crippen LogP contribution in [0.4, 0.5) is 0 Å². The number of likely N-dealkylation sites (N-methyl/N-ethyl adjacent to an activating group) is 1. The second-order valence-electron chi connectivity index (χ2n) is 6.64. The normalized spacial score (nSPS) is 19.2. The van der Waals surface area contributed by atoms with Gasteiger partial charge in [-0.25, -0.2) is 0 Å². The van der Waals surface area contributed by atoms with Gasteiger partial charge in [0.15, 0.2) is 6.61 Å². The summed E-state index contributed by atoms with van der Waals surface area (Å²) in [5, 5.41) is 14.1. The van der Waals surface area contributed by atoms with Crippen molar-refractivity contribution in [1.29, 1.82) is 0 Å². The van der Waals surface area contributed by atoms with E-state index in [1.54, 1.807) is 0 Å². The van der Waals surface area contributed by atoms with E-state index in [4.69, 9.17) is 9.84 Å². The monoisotopic (exact) mass is 356 g/mol. The Hall–Kier alpha value is -2.60. The number of nitrogens with zero attached hydrogens (tertiary/aromatic N) is 1. The lowest BCUT2D eigenvalue weighted by Gasteiger charge is -2.42. The molecule has 0 aromatic heterocycles.